The van der Waals surface area contributed by atoms with Gasteiger partial charge >= 0.3 is 0 Å². The molecule has 0 amide bonds. The van der Waals surface area contributed by atoms with Crippen molar-refractivity contribution < 1.29 is 7.31 Å². The van der Waals surface area contributed by atoms with E-state index in [9.17, 15) is 0 Å². The van der Waals surface area contributed by atoms with Gasteiger partial charge in [-0.15, -0.1) is 0 Å². The van der Waals surface area contributed by atoms with Gasteiger partial charge in [-0.2, -0.15) is 0 Å². The Balaban J connectivity index is 2.81. The Morgan fingerprint density at radius 1 is 0.889 bits per heavy atom. The van der Waals surface area contributed by atoms with Gasteiger partial charge < -0.3 is 0 Å². The zero-order valence-electron chi connectivity index (χ0n) is 21.3. The Morgan fingerprint density at radius 2 is 1.48 bits per heavy atom. The van der Waals surface area contributed by atoms with Crippen LogP contribution in [0.4, 0.5) is 0 Å². The number of nitrogens with zero attached hydrogens (tertiary/aromatic N) is 1. The van der Waals surface area contributed by atoms with Crippen molar-refractivity contribution in [3.05, 3.63) is 52.7 Å². The standard InChI is InChI=1S/C26H40N/c1-18-14-20(25(5,6)7)12-13-21(18)23-15-19(16-24(2,3)4)22(17-27(23)11)26(8,9)10/h12-15,17H,16H2,1-11H3/q+1/i16D2. The van der Waals surface area contributed by atoms with Crippen LogP contribution in [0.15, 0.2) is 30.5 Å². The topological polar surface area (TPSA) is 3.88 Å². The van der Waals surface area contributed by atoms with E-state index < -0.39 is 11.8 Å². The lowest BCUT2D eigenvalue weighted by Crippen LogP contribution is -2.35. The summed E-state index contributed by atoms with van der Waals surface area (Å²) in [5.41, 5.74) is 6.07. The van der Waals surface area contributed by atoms with Gasteiger partial charge in [-0.1, -0.05) is 74.4 Å². The van der Waals surface area contributed by atoms with E-state index in [0.717, 1.165) is 22.4 Å². The van der Waals surface area contributed by atoms with E-state index in [2.05, 4.69) is 90.5 Å². The number of hydrogen-bond donors (Lipinski definition) is 0. The maximum absolute atomic E-state index is 9.00. The normalized spacial score (nSPS) is 14.8. The lowest BCUT2D eigenvalue weighted by Gasteiger charge is -2.26. The molecular weight excluding hydrogens is 326 g/mol. The quantitative estimate of drug-likeness (QED) is 0.521. The van der Waals surface area contributed by atoms with Gasteiger partial charge in [0.05, 0.1) is 0 Å². The van der Waals surface area contributed by atoms with Crippen LogP contribution in [0.2, 0.25) is 0 Å². The van der Waals surface area contributed by atoms with Crippen molar-refractivity contribution in [1.82, 2.24) is 0 Å². The number of rotatable bonds is 2. The Bertz CT molecular complexity index is 904. The van der Waals surface area contributed by atoms with Crippen molar-refractivity contribution in [2.45, 2.75) is 86.4 Å². The molecule has 1 heteroatoms. The van der Waals surface area contributed by atoms with E-state index in [-0.39, 0.29) is 10.8 Å². The Morgan fingerprint density at radius 3 is 1.93 bits per heavy atom. The molecule has 2 rings (SSSR count). The average Bonchev–Trinajstić information content (AvgIpc) is 2.52. The minimum Gasteiger partial charge on any atom is -0.201 e. The first-order valence-corrected chi connectivity index (χ1v) is 10.0. The fourth-order valence-electron chi connectivity index (χ4n) is 3.44. The van der Waals surface area contributed by atoms with Gasteiger partial charge in [-0.25, -0.2) is 4.57 Å². The Hall–Kier alpha value is -1.63. The summed E-state index contributed by atoms with van der Waals surface area (Å²) < 4.78 is 20.1. The molecule has 1 aromatic heterocycles. The van der Waals surface area contributed by atoms with Crippen molar-refractivity contribution in [3.63, 3.8) is 0 Å². The largest absolute Gasteiger partial charge is 0.212 e. The van der Waals surface area contributed by atoms with Gasteiger partial charge in [0.1, 0.15) is 7.05 Å². The predicted octanol–water partition coefficient (Wildman–Crippen LogP) is 6.67. The minimum atomic E-state index is -1.45. The number of aryl methyl sites for hydroxylation is 2. The minimum absolute atomic E-state index is 0.108. The highest BCUT2D eigenvalue weighted by Gasteiger charge is 2.27. The van der Waals surface area contributed by atoms with Gasteiger partial charge in [-0.05, 0) is 52.3 Å². The van der Waals surface area contributed by atoms with Crippen molar-refractivity contribution in [3.8, 4) is 11.3 Å². The van der Waals surface area contributed by atoms with Crippen molar-refractivity contribution in [2.75, 3.05) is 0 Å². The van der Waals surface area contributed by atoms with Crippen LogP contribution in [-0.4, -0.2) is 0 Å². The van der Waals surface area contributed by atoms with Crippen LogP contribution in [-0.2, 0) is 24.3 Å². The number of benzene rings is 1. The molecule has 0 aliphatic rings. The molecule has 1 nitrogen and oxygen atoms in total. The van der Waals surface area contributed by atoms with Crippen LogP contribution in [0.3, 0.4) is 0 Å². The highest BCUT2D eigenvalue weighted by atomic mass is 14.9. The highest BCUT2D eigenvalue weighted by molar-refractivity contribution is 5.63. The van der Waals surface area contributed by atoms with Crippen LogP contribution >= 0.6 is 0 Å². The summed E-state index contributed by atoms with van der Waals surface area (Å²) in [5.74, 6) is 0. The van der Waals surface area contributed by atoms with Gasteiger partial charge in [0.15, 0.2) is 6.20 Å². The van der Waals surface area contributed by atoms with Gasteiger partial charge in [0.25, 0.3) is 0 Å². The van der Waals surface area contributed by atoms with Crippen molar-refractivity contribution >= 4 is 0 Å². The molecule has 1 heterocycles. The molecule has 0 aliphatic carbocycles. The van der Waals surface area contributed by atoms with Gasteiger partial charge in [0, 0.05) is 19.9 Å². The van der Waals surface area contributed by atoms with E-state index in [0.29, 0.717) is 0 Å². The van der Waals surface area contributed by atoms with Crippen LogP contribution in [0, 0.1) is 12.3 Å². The first-order chi connectivity index (χ1) is 12.9. The molecular formula is C26H40N+. The van der Waals surface area contributed by atoms with E-state index in [1.807, 2.05) is 20.8 Å². The molecule has 0 unspecified atom stereocenters. The van der Waals surface area contributed by atoms with Crippen LogP contribution in [0.5, 0.6) is 0 Å². The number of pyridine rings is 1. The molecule has 0 saturated heterocycles. The van der Waals surface area contributed by atoms with E-state index in [1.165, 1.54) is 11.1 Å². The summed E-state index contributed by atoms with van der Waals surface area (Å²) >= 11 is 0. The fraction of sp³-hybridized carbons (Fsp3) is 0.577. The molecule has 0 spiro atoms. The number of hydrogen-bond acceptors (Lipinski definition) is 0. The molecule has 1 aromatic carbocycles. The molecule has 0 N–H and O–H groups in total. The molecule has 27 heavy (non-hydrogen) atoms. The summed E-state index contributed by atoms with van der Waals surface area (Å²) in [6.07, 6.45) is 0.684. The summed E-state index contributed by atoms with van der Waals surface area (Å²) in [6.45, 7) is 21.3. The first kappa shape index (κ1) is 18.7. The fourth-order valence-corrected chi connectivity index (χ4v) is 3.44. The second-order valence-corrected chi connectivity index (χ2v) is 11.0. The van der Waals surface area contributed by atoms with E-state index >= 15 is 0 Å². The number of aromatic nitrogens is 1. The highest BCUT2D eigenvalue weighted by Crippen LogP contribution is 2.33. The monoisotopic (exact) mass is 368 g/mol. The Labute approximate surface area is 170 Å². The van der Waals surface area contributed by atoms with Gasteiger partial charge in [0.2, 0.25) is 5.69 Å². The molecule has 148 valence electrons. The second kappa shape index (κ2) is 7.08. The second-order valence-electron chi connectivity index (χ2n) is 11.0. The van der Waals surface area contributed by atoms with Crippen LogP contribution in [0.1, 0.15) is 87.3 Å². The van der Waals surface area contributed by atoms with E-state index in [1.54, 1.807) is 0 Å². The van der Waals surface area contributed by atoms with Crippen molar-refractivity contribution in [1.29, 1.82) is 0 Å². The Kier molecular flexibility index (Phi) is 4.91. The molecule has 0 saturated carbocycles. The first-order valence-electron chi connectivity index (χ1n) is 11.0. The molecule has 2 aromatic rings. The maximum atomic E-state index is 9.00. The summed E-state index contributed by atoms with van der Waals surface area (Å²) in [7, 11) is 2.07. The van der Waals surface area contributed by atoms with Crippen LogP contribution in [0.25, 0.3) is 11.3 Å². The molecule has 0 radical (unpaired) electrons. The molecule has 0 fully saturated rings. The zero-order valence-corrected chi connectivity index (χ0v) is 19.3. The lowest BCUT2D eigenvalue weighted by molar-refractivity contribution is -0.661. The van der Waals surface area contributed by atoms with Gasteiger partial charge in [-0.3, -0.25) is 0 Å². The SMILES string of the molecule is [2H]C([2H])(c1cc(-c2ccc(C(C)(C)C)cc2C)[n+](C)cc1C(C)(C)C)C(C)(C)C. The molecule has 0 bridgehead atoms. The third-order valence-electron chi connectivity index (χ3n) is 4.96. The molecule has 0 atom stereocenters. The van der Waals surface area contributed by atoms with Crippen molar-refractivity contribution in [2.24, 2.45) is 12.5 Å². The molecule has 0 aliphatic heterocycles. The summed E-state index contributed by atoms with van der Waals surface area (Å²) in [4.78, 5) is 0. The smallest absolute Gasteiger partial charge is 0.201 e. The predicted molar refractivity (Wildman–Crippen MR) is 118 cm³/mol. The summed E-state index contributed by atoms with van der Waals surface area (Å²) in [6, 6.07) is 8.76. The third-order valence-corrected chi connectivity index (χ3v) is 4.96. The third kappa shape index (κ3) is 5.21. The lowest BCUT2D eigenvalue weighted by atomic mass is 9.78. The van der Waals surface area contributed by atoms with E-state index in [4.69, 9.17) is 2.74 Å². The van der Waals surface area contributed by atoms with Crippen LogP contribution < -0.4 is 4.57 Å². The maximum Gasteiger partial charge on any atom is 0.212 e. The average molecular weight is 369 g/mol. The zero-order chi connectivity index (χ0) is 22.6. The summed E-state index contributed by atoms with van der Waals surface area (Å²) in [5, 5.41) is 0.